The summed E-state index contributed by atoms with van der Waals surface area (Å²) in [5.41, 5.74) is 31.2. The van der Waals surface area contributed by atoms with Crippen LogP contribution >= 0.6 is 0 Å². The summed E-state index contributed by atoms with van der Waals surface area (Å²) in [6.07, 6.45) is 0. The van der Waals surface area contributed by atoms with E-state index >= 15 is 0 Å². The highest BCUT2D eigenvalue weighted by molar-refractivity contribution is 6.39. The van der Waals surface area contributed by atoms with E-state index in [-0.39, 0.29) is 0 Å². The Morgan fingerprint density at radius 2 is 0.610 bits per heavy atom. The van der Waals surface area contributed by atoms with E-state index in [1.165, 1.54) is 121 Å². The molecule has 0 radical (unpaired) electrons. The number of aryl methyl sites for hydroxylation is 4. The Balaban J connectivity index is 0.779. The van der Waals surface area contributed by atoms with Gasteiger partial charge >= 0.3 is 0 Å². The van der Waals surface area contributed by atoms with Gasteiger partial charge in [0.25, 0.3) is 0 Å². The van der Waals surface area contributed by atoms with Crippen LogP contribution in [0.5, 0.6) is 0 Å². The molecule has 0 saturated heterocycles. The zero-order valence-electron chi connectivity index (χ0n) is 55.5. The summed E-state index contributed by atoms with van der Waals surface area (Å²) in [6.45, 7) is 8.78. The Morgan fingerprint density at radius 1 is 0.250 bits per heavy atom. The van der Waals surface area contributed by atoms with E-state index in [2.05, 4.69) is 350 Å². The first kappa shape index (κ1) is 56.3. The molecule has 100 heavy (non-hydrogen) atoms. The molecule has 21 aromatic rings. The minimum Gasteiger partial charge on any atom is -0.454 e. The van der Waals surface area contributed by atoms with Crippen LogP contribution in [0.25, 0.3) is 165 Å². The fourth-order valence-electron chi connectivity index (χ4n) is 17.3. The molecule has 0 bridgehead atoms. The second-order valence-electron chi connectivity index (χ2n) is 27.2. The summed E-state index contributed by atoms with van der Waals surface area (Å²) in [7, 11) is 0. The van der Waals surface area contributed by atoms with Crippen LogP contribution in [0.1, 0.15) is 22.3 Å². The Bertz CT molecular complexity index is 6510. The van der Waals surface area contributed by atoms with E-state index < -0.39 is 0 Å². The maximum absolute atomic E-state index is 6.81. The molecule has 15 aromatic carbocycles. The highest BCUT2D eigenvalue weighted by Gasteiger charge is 2.33. The predicted octanol–water partition coefficient (Wildman–Crippen LogP) is 26.6. The third kappa shape index (κ3) is 7.84. The molecule has 470 valence electrons. The van der Waals surface area contributed by atoms with Crippen LogP contribution in [0, 0.1) is 27.7 Å². The number of hydrogen-bond donors (Lipinski definition) is 0. The number of furan rings is 2. The number of fused-ring (bicyclic) bond motifs is 18. The van der Waals surface area contributed by atoms with E-state index in [9.17, 15) is 0 Å². The van der Waals surface area contributed by atoms with Crippen LogP contribution in [-0.2, 0) is 0 Å². The molecule has 0 spiro atoms. The van der Waals surface area contributed by atoms with Gasteiger partial charge in [0.2, 0.25) is 0 Å². The summed E-state index contributed by atoms with van der Waals surface area (Å²) in [5.74, 6) is 0. The Hall–Kier alpha value is -12.9. The highest BCUT2D eigenvalue weighted by atomic mass is 16.3. The summed E-state index contributed by atoms with van der Waals surface area (Å²) < 4.78 is 18.9. The monoisotopic (exact) mass is 1280 g/mol. The molecule has 0 unspecified atom stereocenters. The lowest BCUT2D eigenvalue weighted by Gasteiger charge is -2.28. The molecule has 0 aliphatic heterocycles. The SMILES string of the molecule is Cc1ccccc1N(c1ccc(-c2cccc3c2c2cccc4c5c(-c6ccccc6)c6c(c(-c7ccccc7)c5n3c24)c2cccc3c4c(-c5ccc(N(c7ccccc7C)c7c(C)ccc8c7oc7ccccc78)cc5)cccc4n6c32)cc1)c1c(C)ccc2c1oc1ccccc12. The smallest absolute Gasteiger partial charge is 0.159 e. The summed E-state index contributed by atoms with van der Waals surface area (Å²) >= 11 is 0. The van der Waals surface area contributed by atoms with Crippen molar-refractivity contribution in [1.29, 1.82) is 0 Å². The number of benzene rings is 15. The van der Waals surface area contributed by atoms with Crippen molar-refractivity contribution in [3.05, 3.63) is 326 Å². The third-order valence-electron chi connectivity index (χ3n) is 21.7. The van der Waals surface area contributed by atoms with Crippen LogP contribution in [0.2, 0.25) is 0 Å². The van der Waals surface area contributed by atoms with Crippen molar-refractivity contribution in [3.63, 3.8) is 0 Å². The van der Waals surface area contributed by atoms with E-state index in [1.54, 1.807) is 0 Å². The summed E-state index contributed by atoms with van der Waals surface area (Å²) in [5, 5.41) is 14.3. The molecule has 0 fully saturated rings. The van der Waals surface area contributed by atoms with Crippen molar-refractivity contribution in [1.82, 2.24) is 8.80 Å². The molecule has 0 saturated carbocycles. The number of para-hydroxylation sites is 6. The van der Waals surface area contributed by atoms with Crippen LogP contribution in [0.15, 0.2) is 312 Å². The number of aromatic nitrogens is 2. The van der Waals surface area contributed by atoms with Crippen molar-refractivity contribution in [2.24, 2.45) is 0 Å². The van der Waals surface area contributed by atoms with E-state index in [0.717, 1.165) is 100 Å². The highest BCUT2D eigenvalue weighted by Crippen LogP contribution is 2.56. The average molecular weight is 1280 g/mol. The minimum absolute atomic E-state index is 0.880. The van der Waals surface area contributed by atoms with Gasteiger partial charge in [-0.2, -0.15) is 0 Å². The van der Waals surface area contributed by atoms with Crippen molar-refractivity contribution in [2.75, 3.05) is 9.80 Å². The first-order chi connectivity index (χ1) is 49.3. The Morgan fingerprint density at radius 3 is 1.03 bits per heavy atom. The van der Waals surface area contributed by atoms with Gasteiger partial charge in [0.05, 0.1) is 44.5 Å². The number of rotatable bonds is 10. The number of nitrogens with zero attached hydrogens (tertiary/aromatic N) is 4. The molecule has 0 aliphatic rings. The normalized spacial score (nSPS) is 12.2. The molecule has 21 rings (SSSR count). The van der Waals surface area contributed by atoms with Gasteiger partial charge in [-0.3, -0.25) is 0 Å². The largest absolute Gasteiger partial charge is 0.454 e. The van der Waals surface area contributed by atoms with Gasteiger partial charge in [0, 0.05) is 98.5 Å². The van der Waals surface area contributed by atoms with Crippen LogP contribution in [0.4, 0.5) is 34.1 Å². The number of anilines is 6. The second-order valence-corrected chi connectivity index (χ2v) is 27.2. The standard InChI is InChI=1S/C94H62N4O2/c1-55-23-11-15-37-75(55)95(87-57(3)43-53-69-67-29-13-17-41-79(67)99-93(69)87)63-49-45-59(46-50-63)65-31-21-39-77-83(65)71-33-19-35-73-85-82(62-27-9-6-10-28-62)92-86(81(61-25-7-5-8-26-61)91(85)97(77)89(71)73)74-36-20-34-72-84-66(32-22-40-78(84)98(92)90(72)74)60-47-51-64(52-48-60)96(76-38-16-12-24-56(76)2)88-58(4)44-54-70-68-30-14-18-42-80(68)100-94(70)88/h5-54H,1-4H3. The van der Waals surface area contributed by atoms with Crippen LogP contribution in [-0.4, -0.2) is 8.80 Å². The fourth-order valence-corrected chi connectivity index (χ4v) is 17.3. The first-order valence-corrected chi connectivity index (χ1v) is 34.6. The first-order valence-electron chi connectivity index (χ1n) is 34.6. The van der Waals surface area contributed by atoms with E-state index in [1.807, 2.05) is 0 Å². The molecule has 6 heteroatoms. The third-order valence-corrected chi connectivity index (χ3v) is 21.7. The predicted molar refractivity (Wildman–Crippen MR) is 420 cm³/mol. The Kier molecular flexibility index (Phi) is 12.0. The Labute approximate surface area is 575 Å². The fraction of sp³-hybridized carbons (Fsp3) is 0.0426. The van der Waals surface area contributed by atoms with Crippen LogP contribution in [0.3, 0.4) is 0 Å². The molecule has 6 aromatic heterocycles. The topological polar surface area (TPSA) is 41.6 Å². The quantitative estimate of drug-likeness (QED) is 0.137. The second kappa shape index (κ2) is 21.3. The molecule has 0 atom stereocenters. The lowest BCUT2D eigenvalue weighted by Crippen LogP contribution is -2.13. The summed E-state index contributed by atoms with van der Waals surface area (Å²) in [6, 6.07) is 112. The van der Waals surface area contributed by atoms with Gasteiger partial charge in [-0.15, -0.1) is 0 Å². The van der Waals surface area contributed by atoms with Crippen molar-refractivity contribution < 1.29 is 8.83 Å². The van der Waals surface area contributed by atoms with Gasteiger partial charge in [0.1, 0.15) is 11.2 Å². The lowest BCUT2D eigenvalue weighted by molar-refractivity contribution is 0.668. The molecule has 6 heterocycles. The molecule has 0 amide bonds. The molecule has 0 aliphatic carbocycles. The van der Waals surface area contributed by atoms with Crippen molar-refractivity contribution >= 4 is 154 Å². The maximum atomic E-state index is 6.81. The van der Waals surface area contributed by atoms with Crippen LogP contribution < -0.4 is 9.80 Å². The average Bonchev–Trinajstić information content (AvgIpc) is 1.49. The van der Waals surface area contributed by atoms with Gasteiger partial charge in [0.15, 0.2) is 11.2 Å². The molecular formula is C94H62N4O2. The maximum Gasteiger partial charge on any atom is 0.159 e. The number of hydrogen-bond acceptors (Lipinski definition) is 4. The van der Waals surface area contributed by atoms with Gasteiger partial charge in [-0.05, 0) is 144 Å². The van der Waals surface area contributed by atoms with Gasteiger partial charge in [-0.1, -0.05) is 243 Å². The minimum atomic E-state index is 0.880. The van der Waals surface area contributed by atoms with Crippen molar-refractivity contribution in [3.8, 4) is 44.5 Å². The molecule has 6 nitrogen and oxygen atoms in total. The molecule has 0 N–H and O–H groups in total. The lowest BCUT2D eigenvalue weighted by atomic mass is 9.89. The van der Waals surface area contributed by atoms with E-state index in [4.69, 9.17) is 8.83 Å². The van der Waals surface area contributed by atoms with E-state index in [0.29, 0.717) is 0 Å². The summed E-state index contributed by atoms with van der Waals surface area (Å²) in [4.78, 5) is 4.79. The van der Waals surface area contributed by atoms with Gasteiger partial charge < -0.3 is 27.4 Å². The van der Waals surface area contributed by atoms with Crippen molar-refractivity contribution in [2.45, 2.75) is 27.7 Å². The zero-order chi connectivity index (χ0) is 66.2. The zero-order valence-corrected chi connectivity index (χ0v) is 55.5. The van der Waals surface area contributed by atoms with Gasteiger partial charge in [-0.25, -0.2) is 0 Å². The molecular weight excluding hydrogens is 1220 g/mol.